The topological polar surface area (TPSA) is 84.0 Å². The van der Waals surface area contributed by atoms with Crippen LogP contribution in [0.1, 0.15) is 16.9 Å². The maximum atomic E-state index is 13.1. The smallest absolute Gasteiger partial charge is 0.270 e. The van der Waals surface area contributed by atoms with E-state index in [1.165, 1.54) is 35.0 Å². The number of sulfone groups is 1. The van der Waals surface area contributed by atoms with Crippen LogP contribution in [0, 0.1) is 10.6 Å². The van der Waals surface area contributed by atoms with Crippen LogP contribution in [0.2, 0.25) is 0 Å². The van der Waals surface area contributed by atoms with E-state index < -0.39 is 27.6 Å². The van der Waals surface area contributed by atoms with Crippen molar-refractivity contribution in [3.63, 3.8) is 0 Å². The average molecular weight is 355 g/mol. The summed E-state index contributed by atoms with van der Waals surface area (Å²) < 4.78 is 37.8. The minimum absolute atomic E-state index is 0.0551. The predicted octanol–water partition coefficient (Wildman–Crippen LogP) is 1.59. The number of amides is 1. The van der Waals surface area contributed by atoms with Crippen LogP contribution in [0.15, 0.2) is 30.5 Å². The van der Waals surface area contributed by atoms with Crippen molar-refractivity contribution in [1.82, 2.24) is 14.9 Å². The molecule has 1 aromatic carbocycles. The lowest BCUT2D eigenvalue weighted by Crippen LogP contribution is -2.36. The van der Waals surface area contributed by atoms with Gasteiger partial charge in [-0.15, -0.1) is 0 Å². The highest BCUT2D eigenvalue weighted by atomic mass is 32.2. The van der Waals surface area contributed by atoms with Gasteiger partial charge in [0.05, 0.1) is 11.5 Å². The number of carbonyl (C=O) groups excluding carboxylic acids is 1. The van der Waals surface area contributed by atoms with Gasteiger partial charge in [-0.3, -0.25) is 9.36 Å². The summed E-state index contributed by atoms with van der Waals surface area (Å²) in [7, 11) is -3.08. The Labute approximate surface area is 137 Å². The predicted molar refractivity (Wildman–Crippen MR) is 85.4 cm³/mol. The van der Waals surface area contributed by atoms with Gasteiger partial charge < -0.3 is 10.3 Å². The molecule has 2 aromatic rings. The Bertz CT molecular complexity index is 900. The number of nitrogens with one attached hydrogen (secondary N) is 2. The Balaban J connectivity index is 1.88. The first kappa shape index (κ1) is 15.9. The number of halogens is 1. The molecule has 1 aromatic heterocycles. The van der Waals surface area contributed by atoms with Gasteiger partial charge in [-0.1, -0.05) is 0 Å². The van der Waals surface area contributed by atoms with E-state index in [1.54, 1.807) is 0 Å². The molecule has 1 amide bonds. The number of hydrogen-bond acceptors (Lipinski definition) is 4. The van der Waals surface area contributed by atoms with E-state index >= 15 is 0 Å². The summed E-state index contributed by atoms with van der Waals surface area (Å²) in [5, 5.41) is 2.71. The highest BCUT2D eigenvalue weighted by Crippen LogP contribution is 2.16. The molecule has 6 nitrogen and oxygen atoms in total. The molecule has 122 valence electrons. The maximum Gasteiger partial charge on any atom is 0.270 e. The molecule has 1 aliphatic heterocycles. The fraction of sp³-hybridized carbons (Fsp3) is 0.286. The normalized spacial score (nSPS) is 19.6. The average Bonchev–Trinajstić information content (AvgIpc) is 3.02. The lowest BCUT2D eigenvalue weighted by Gasteiger charge is -2.12. The van der Waals surface area contributed by atoms with Gasteiger partial charge in [-0.2, -0.15) is 0 Å². The molecule has 0 bridgehead atoms. The number of carbonyl (C=O) groups is 1. The van der Waals surface area contributed by atoms with Gasteiger partial charge in [-0.25, -0.2) is 12.8 Å². The molecule has 0 saturated carbocycles. The molecule has 1 fully saturated rings. The van der Waals surface area contributed by atoms with E-state index in [1.807, 2.05) is 0 Å². The number of aromatic amines is 1. The lowest BCUT2D eigenvalue weighted by atomic mass is 10.2. The summed E-state index contributed by atoms with van der Waals surface area (Å²) in [5.74, 6) is -0.794. The third kappa shape index (κ3) is 3.35. The number of benzene rings is 1. The molecule has 9 heteroatoms. The van der Waals surface area contributed by atoms with E-state index in [-0.39, 0.29) is 17.2 Å². The Morgan fingerprint density at radius 2 is 2.04 bits per heavy atom. The van der Waals surface area contributed by atoms with Crippen molar-refractivity contribution in [3.05, 3.63) is 46.7 Å². The summed E-state index contributed by atoms with van der Waals surface area (Å²) >= 11 is 5.16. The zero-order chi connectivity index (χ0) is 16.6. The zero-order valence-corrected chi connectivity index (χ0v) is 13.6. The van der Waals surface area contributed by atoms with Gasteiger partial charge in [0.1, 0.15) is 11.5 Å². The van der Waals surface area contributed by atoms with E-state index in [0.29, 0.717) is 16.9 Å². The van der Waals surface area contributed by atoms with Crippen molar-refractivity contribution in [2.75, 3.05) is 11.5 Å². The van der Waals surface area contributed by atoms with Crippen LogP contribution in [0.4, 0.5) is 4.39 Å². The molecule has 1 aliphatic rings. The molecule has 0 aliphatic carbocycles. The monoisotopic (exact) mass is 355 g/mol. The standard InChI is InChI=1S/C14H14FN3O3S2/c15-9-1-3-11(4-2-9)18-12(7-16-14(18)22)13(19)17-10-5-6-23(20,21)8-10/h1-4,7,10H,5-6,8H2,(H,16,22)(H,17,19)/t10-/m1/s1. The van der Waals surface area contributed by atoms with E-state index in [9.17, 15) is 17.6 Å². The number of hydrogen-bond donors (Lipinski definition) is 2. The van der Waals surface area contributed by atoms with Gasteiger partial charge in [0.15, 0.2) is 14.6 Å². The van der Waals surface area contributed by atoms with E-state index in [2.05, 4.69) is 10.3 Å². The molecule has 3 rings (SSSR count). The number of H-pyrrole nitrogens is 1. The van der Waals surface area contributed by atoms with Gasteiger partial charge in [0.2, 0.25) is 0 Å². The highest BCUT2D eigenvalue weighted by Gasteiger charge is 2.29. The lowest BCUT2D eigenvalue weighted by molar-refractivity contribution is 0.0934. The Morgan fingerprint density at radius 3 is 2.65 bits per heavy atom. The quantitative estimate of drug-likeness (QED) is 0.819. The summed E-state index contributed by atoms with van der Waals surface area (Å²) in [5.41, 5.74) is 0.785. The van der Waals surface area contributed by atoms with Crippen LogP contribution in [0.25, 0.3) is 5.69 Å². The molecule has 0 unspecified atom stereocenters. The second kappa shape index (κ2) is 5.89. The van der Waals surface area contributed by atoms with Crippen LogP contribution >= 0.6 is 12.2 Å². The van der Waals surface area contributed by atoms with Crippen LogP contribution in [-0.2, 0) is 9.84 Å². The molecule has 1 saturated heterocycles. The molecule has 0 spiro atoms. The van der Waals surface area contributed by atoms with Crippen molar-refractivity contribution in [2.45, 2.75) is 12.5 Å². The summed E-state index contributed by atoms with van der Waals surface area (Å²) in [6, 6.07) is 5.16. The number of nitrogens with zero attached hydrogens (tertiary/aromatic N) is 1. The minimum atomic E-state index is -3.08. The first-order chi connectivity index (χ1) is 10.9. The van der Waals surface area contributed by atoms with Crippen molar-refractivity contribution in [1.29, 1.82) is 0 Å². The first-order valence-electron chi connectivity index (χ1n) is 6.93. The fourth-order valence-electron chi connectivity index (χ4n) is 2.55. The second-order valence-corrected chi connectivity index (χ2v) is 7.98. The van der Waals surface area contributed by atoms with Crippen molar-refractivity contribution in [3.8, 4) is 5.69 Å². The van der Waals surface area contributed by atoms with Crippen molar-refractivity contribution < 1.29 is 17.6 Å². The fourth-order valence-corrected chi connectivity index (χ4v) is 4.49. The SMILES string of the molecule is O=C(N[C@@H]1CCS(=O)(=O)C1)c1c[nH]c(=S)n1-c1ccc(F)cc1. The third-order valence-corrected chi connectivity index (χ3v) is 5.73. The zero-order valence-electron chi connectivity index (χ0n) is 12.0. The number of imidazole rings is 1. The van der Waals surface area contributed by atoms with Gasteiger partial charge in [-0.05, 0) is 42.9 Å². The molecular formula is C14H14FN3O3S2. The second-order valence-electron chi connectivity index (χ2n) is 5.36. The molecule has 23 heavy (non-hydrogen) atoms. The molecule has 2 N–H and O–H groups in total. The van der Waals surface area contributed by atoms with Crippen molar-refractivity contribution >= 4 is 28.0 Å². The molecule has 1 atom stereocenters. The Hall–Kier alpha value is -2.00. The molecule has 0 radical (unpaired) electrons. The number of aromatic nitrogens is 2. The van der Waals surface area contributed by atoms with Crippen molar-refractivity contribution in [2.24, 2.45) is 0 Å². The minimum Gasteiger partial charge on any atom is -0.347 e. The molecular weight excluding hydrogens is 341 g/mol. The largest absolute Gasteiger partial charge is 0.347 e. The Kier molecular flexibility index (Phi) is 4.07. The van der Waals surface area contributed by atoms with Gasteiger partial charge in [0, 0.05) is 17.9 Å². The highest BCUT2D eigenvalue weighted by molar-refractivity contribution is 7.91. The van der Waals surface area contributed by atoms with Crippen LogP contribution < -0.4 is 5.32 Å². The summed E-state index contributed by atoms with van der Waals surface area (Å²) in [6.45, 7) is 0. The molecule has 2 heterocycles. The maximum absolute atomic E-state index is 13.1. The van der Waals surface area contributed by atoms with Gasteiger partial charge in [0.25, 0.3) is 5.91 Å². The van der Waals surface area contributed by atoms with E-state index in [4.69, 9.17) is 12.2 Å². The van der Waals surface area contributed by atoms with Crippen LogP contribution in [0.5, 0.6) is 0 Å². The summed E-state index contributed by atoms with van der Waals surface area (Å²) in [6.07, 6.45) is 1.85. The Morgan fingerprint density at radius 1 is 1.35 bits per heavy atom. The third-order valence-electron chi connectivity index (χ3n) is 3.66. The first-order valence-corrected chi connectivity index (χ1v) is 9.16. The van der Waals surface area contributed by atoms with Gasteiger partial charge >= 0.3 is 0 Å². The van der Waals surface area contributed by atoms with Crippen LogP contribution in [-0.4, -0.2) is 41.4 Å². The van der Waals surface area contributed by atoms with Crippen LogP contribution in [0.3, 0.4) is 0 Å². The van der Waals surface area contributed by atoms with E-state index in [0.717, 1.165) is 0 Å². The summed E-state index contributed by atoms with van der Waals surface area (Å²) in [4.78, 5) is 15.2. The number of rotatable bonds is 3.